The van der Waals surface area contributed by atoms with Gasteiger partial charge in [0.2, 0.25) is 5.91 Å². The molecule has 2 aliphatic heterocycles. The third kappa shape index (κ3) is 2.47. The topological polar surface area (TPSA) is 74.6 Å². The van der Waals surface area contributed by atoms with Gasteiger partial charge in [-0.25, -0.2) is 0 Å². The Labute approximate surface area is 140 Å². The average Bonchev–Trinajstić information content (AvgIpc) is 3.28. The van der Waals surface area contributed by atoms with Crippen molar-refractivity contribution in [2.45, 2.75) is 44.3 Å². The number of hydrogen-bond donors (Lipinski definition) is 2. The Morgan fingerprint density at radius 3 is 2.83 bits per heavy atom. The Hall–Kier alpha value is -2.34. The van der Waals surface area contributed by atoms with Gasteiger partial charge in [0.05, 0.1) is 5.69 Å². The van der Waals surface area contributed by atoms with Crippen molar-refractivity contribution in [2.75, 3.05) is 11.9 Å². The predicted molar refractivity (Wildman–Crippen MR) is 91.1 cm³/mol. The minimum Gasteiger partial charge on any atom is -0.462 e. The van der Waals surface area contributed by atoms with E-state index in [2.05, 4.69) is 10.6 Å². The largest absolute Gasteiger partial charge is 0.462 e. The van der Waals surface area contributed by atoms with E-state index in [1.807, 2.05) is 0 Å². The zero-order valence-electron chi connectivity index (χ0n) is 13.8. The molecule has 0 radical (unpaired) electrons. The smallest absolute Gasteiger partial charge is 0.251 e. The molecule has 0 aliphatic carbocycles. The summed E-state index contributed by atoms with van der Waals surface area (Å²) < 4.78 is 5.49. The first-order valence-corrected chi connectivity index (χ1v) is 8.35. The second kappa shape index (κ2) is 5.63. The van der Waals surface area contributed by atoms with Crippen LogP contribution >= 0.6 is 0 Å². The second-order valence-electron chi connectivity index (χ2n) is 6.77. The Kier molecular flexibility index (Phi) is 3.57. The summed E-state index contributed by atoms with van der Waals surface area (Å²) in [4.78, 5) is 25.7. The Balaban J connectivity index is 1.58. The van der Waals surface area contributed by atoms with Crippen molar-refractivity contribution in [3.05, 3.63) is 30.0 Å². The molecule has 6 heteroatoms. The van der Waals surface area contributed by atoms with E-state index in [0.717, 1.165) is 18.2 Å². The highest BCUT2D eigenvalue weighted by Crippen LogP contribution is 2.31. The number of furan rings is 1. The zero-order chi connectivity index (χ0) is 16.8. The van der Waals surface area contributed by atoms with Crippen LogP contribution in [0.5, 0.6) is 0 Å². The second-order valence-corrected chi connectivity index (χ2v) is 6.77. The maximum absolute atomic E-state index is 12.6. The maximum atomic E-state index is 12.6. The fourth-order valence-electron chi connectivity index (χ4n) is 3.82. The van der Waals surface area contributed by atoms with Gasteiger partial charge in [0.1, 0.15) is 11.8 Å². The normalized spacial score (nSPS) is 25.2. The van der Waals surface area contributed by atoms with E-state index >= 15 is 0 Å². The van der Waals surface area contributed by atoms with Crippen LogP contribution in [-0.4, -0.2) is 37.0 Å². The molecule has 6 nitrogen and oxygen atoms in total. The lowest BCUT2D eigenvalue weighted by Gasteiger charge is -2.21. The van der Waals surface area contributed by atoms with Crippen LogP contribution in [0.2, 0.25) is 0 Å². The van der Waals surface area contributed by atoms with Crippen LogP contribution in [0.4, 0.5) is 5.69 Å². The number of anilines is 1. The number of fused-ring (bicyclic) bond motifs is 3. The van der Waals surface area contributed by atoms with E-state index in [-0.39, 0.29) is 17.9 Å². The minimum atomic E-state index is -0.0828. The molecule has 3 atom stereocenters. The van der Waals surface area contributed by atoms with Crippen molar-refractivity contribution >= 4 is 28.5 Å². The first-order valence-electron chi connectivity index (χ1n) is 8.35. The number of nitrogens with one attached hydrogen (secondary N) is 2. The SMILES string of the molecule is CC(=O)N(C)c1coc2ccc(C(=O)N[C@@H]3C[C@H]4CC[C@@H]3N4)cc12. The molecule has 0 saturated carbocycles. The van der Waals surface area contributed by atoms with Crippen LogP contribution in [0.3, 0.4) is 0 Å². The monoisotopic (exact) mass is 327 g/mol. The molecule has 126 valence electrons. The fraction of sp³-hybridized carbons (Fsp3) is 0.444. The van der Waals surface area contributed by atoms with Crippen LogP contribution in [-0.2, 0) is 4.79 Å². The van der Waals surface area contributed by atoms with Crippen LogP contribution in [0.15, 0.2) is 28.9 Å². The van der Waals surface area contributed by atoms with E-state index in [0.29, 0.717) is 28.9 Å². The molecule has 2 amide bonds. The summed E-state index contributed by atoms with van der Waals surface area (Å²) in [7, 11) is 1.69. The van der Waals surface area contributed by atoms with E-state index in [9.17, 15) is 9.59 Å². The summed E-state index contributed by atoms with van der Waals surface area (Å²) in [6.07, 6.45) is 4.89. The van der Waals surface area contributed by atoms with Gasteiger partial charge in [-0.15, -0.1) is 0 Å². The molecule has 2 aromatic rings. The van der Waals surface area contributed by atoms with E-state index < -0.39 is 0 Å². The van der Waals surface area contributed by atoms with Gasteiger partial charge in [-0.3, -0.25) is 9.59 Å². The first kappa shape index (κ1) is 15.2. The summed E-state index contributed by atoms with van der Waals surface area (Å²) >= 11 is 0. The van der Waals surface area contributed by atoms with Crippen molar-refractivity contribution < 1.29 is 14.0 Å². The number of carbonyl (C=O) groups excluding carboxylic acids is 2. The number of nitrogens with zero attached hydrogens (tertiary/aromatic N) is 1. The molecule has 2 aliphatic rings. The summed E-state index contributed by atoms with van der Waals surface area (Å²) in [5, 5.41) is 7.43. The number of benzene rings is 1. The molecule has 24 heavy (non-hydrogen) atoms. The van der Waals surface area contributed by atoms with Crippen LogP contribution in [0.25, 0.3) is 11.0 Å². The molecule has 2 bridgehead atoms. The van der Waals surface area contributed by atoms with Gasteiger partial charge >= 0.3 is 0 Å². The van der Waals surface area contributed by atoms with Crippen LogP contribution in [0.1, 0.15) is 36.5 Å². The zero-order valence-corrected chi connectivity index (χ0v) is 13.8. The molecule has 3 heterocycles. The van der Waals surface area contributed by atoms with Crippen molar-refractivity contribution in [2.24, 2.45) is 0 Å². The van der Waals surface area contributed by atoms with Crippen molar-refractivity contribution in [1.29, 1.82) is 0 Å². The van der Waals surface area contributed by atoms with Gasteiger partial charge in [-0.2, -0.15) is 0 Å². The van der Waals surface area contributed by atoms with Crippen LogP contribution in [0, 0.1) is 0 Å². The summed E-state index contributed by atoms with van der Waals surface area (Å²) in [6.45, 7) is 1.50. The van der Waals surface area contributed by atoms with Gasteiger partial charge in [0, 0.05) is 43.0 Å². The van der Waals surface area contributed by atoms with Crippen molar-refractivity contribution in [3.8, 4) is 0 Å². The predicted octanol–water partition coefficient (Wildman–Crippen LogP) is 2.04. The Bertz CT molecular complexity index is 813. The molecular weight excluding hydrogens is 306 g/mol. The van der Waals surface area contributed by atoms with Gasteiger partial charge in [0.15, 0.2) is 0 Å². The third-order valence-corrected chi connectivity index (χ3v) is 5.27. The average molecular weight is 327 g/mol. The summed E-state index contributed by atoms with van der Waals surface area (Å²) in [5.74, 6) is -0.158. The Morgan fingerprint density at radius 1 is 1.33 bits per heavy atom. The number of hydrogen-bond acceptors (Lipinski definition) is 4. The molecule has 2 fully saturated rings. The summed E-state index contributed by atoms with van der Waals surface area (Å²) in [5.41, 5.74) is 1.93. The fourth-order valence-corrected chi connectivity index (χ4v) is 3.82. The maximum Gasteiger partial charge on any atom is 0.251 e. The highest BCUT2D eigenvalue weighted by molar-refractivity contribution is 6.04. The summed E-state index contributed by atoms with van der Waals surface area (Å²) in [6, 6.07) is 6.49. The lowest BCUT2D eigenvalue weighted by molar-refractivity contribution is -0.116. The lowest BCUT2D eigenvalue weighted by atomic mass is 9.95. The molecular formula is C18H21N3O3. The highest BCUT2D eigenvalue weighted by atomic mass is 16.3. The molecule has 0 unspecified atom stereocenters. The quantitative estimate of drug-likeness (QED) is 0.905. The molecule has 0 spiro atoms. The number of rotatable bonds is 3. The number of amides is 2. The molecule has 4 rings (SSSR count). The van der Waals surface area contributed by atoms with Crippen LogP contribution < -0.4 is 15.5 Å². The van der Waals surface area contributed by atoms with Gasteiger partial charge in [0.25, 0.3) is 5.91 Å². The molecule has 1 aromatic heterocycles. The lowest BCUT2D eigenvalue weighted by Crippen LogP contribution is -2.42. The van der Waals surface area contributed by atoms with Gasteiger partial charge in [-0.1, -0.05) is 0 Å². The Morgan fingerprint density at radius 2 is 2.17 bits per heavy atom. The van der Waals surface area contributed by atoms with Crippen molar-refractivity contribution in [3.63, 3.8) is 0 Å². The standard InChI is InChI=1S/C18H21N3O3/c1-10(22)21(2)16-9-24-17-6-3-11(7-13(16)17)18(23)20-15-8-12-4-5-14(15)19-12/h3,6-7,9,12,14-15,19H,4-5,8H2,1-2H3,(H,20,23)/t12-,14+,15-/m1/s1. The van der Waals surface area contributed by atoms with E-state index in [4.69, 9.17) is 4.42 Å². The third-order valence-electron chi connectivity index (χ3n) is 5.27. The first-order chi connectivity index (χ1) is 11.5. The molecule has 2 saturated heterocycles. The van der Waals surface area contributed by atoms with Crippen molar-refractivity contribution in [1.82, 2.24) is 10.6 Å². The van der Waals surface area contributed by atoms with Gasteiger partial charge < -0.3 is 20.0 Å². The minimum absolute atomic E-state index is 0.0751. The number of carbonyl (C=O) groups is 2. The molecule has 2 N–H and O–H groups in total. The van der Waals surface area contributed by atoms with E-state index in [1.165, 1.54) is 18.2 Å². The highest BCUT2D eigenvalue weighted by Gasteiger charge is 2.39. The molecule has 1 aromatic carbocycles. The van der Waals surface area contributed by atoms with Gasteiger partial charge in [-0.05, 0) is 37.5 Å². The van der Waals surface area contributed by atoms with E-state index in [1.54, 1.807) is 31.5 Å².